The zero-order chi connectivity index (χ0) is 23.2. The summed E-state index contributed by atoms with van der Waals surface area (Å²) in [5, 5.41) is 3.47. The van der Waals surface area contributed by atoms with Crippen molar-refractivity contribution in [2.24, 2.45) is 5.92 Å². The Kier molecular flexibility index (Phi) is 8.77. The van der Waals surface area contributed by atoms with Crippen molar-refractivity contribution in [1.29, 1.82) is 0 Å². The number of sulfonamides is 1. The van der Waals surface area contributed by atoms with E-state index in [9.17, 15) is 13.2 Å². The third-order valence-corrected chi connectivity index (χ3v) is 6.35. The smallest absolute Gasteiger partial charge is 0.244 e. The molecule has 2 aromatic rings. The molecule has 170 valence electrons. The molecule has 2 atom stereocenters. The number of nitrogens with zero attached hydrogens (tertiary/aromatic N) is 1. The molecule has 0 bridgehead atoms. The second kappa shape index (κ2) is 10.9. The summed E-state index contributed by atoms with van der Waals surface area (Å²) in [4.78, 5) is 13.3. The van der Waals surface area contributed by atoms with E-state index in [0.29, 0.717) is 29.5 Å². The number of nitrogens with one attached hydrogen (secondary N) is 1. The molecule has 0 aliphatic heterocycles. The SMILES string of the molecule is CC[C@H](C(=O)N[C@H](CC(C)C)c1ccc(OC)cc1)N(c1cccc(Cl)c1)S(C)(=O)=O. The number of anilines is 1. The highest BCUT2D eigenvalue weighted by Gasteiger charge is 2.33. The number of ether oxygens (including phenoxy) is 1. The molecule has 0 saturated carbocycles. The highest BCUT2D eigenvalue weighted by molar-refractivity contribution is 7.92. The summed E-state index contributed by atoms with van der Waals surface area (Å²) in [6.07, 6.45) is 2.12. The second-order valence-electron chi connectivity index (χ2n) is 7.93. The average molecular weight is 467 g/mol. The van der Waals surface area contributed by atoms with Gasteiger partial charge >= 0.3 is 0 Å². The fourth-order valence-corrected chi connectivity index (χ4v) is 4.92. The number of carbonyl (C=O) groups is 1. The molecule has 1 amide bonds. The number of methoxy groups -OCH3 is 1. The van der Waals surface area contributed by atoms with Crippen LogP contribution in [0.4, 0.5) is 5.69 Å². The first-order chi connectivity index (χ1) is 14.6. The average Bonchev–Trinajstić information content (AvgIpc) is 2.70. The third-order valence-electron chi connectivity index (χ3n) is 4.93. The fraction of sp³-hybridized carbons (Fsp3) is 0.435. The van der Waals surface area contributed by atoms with Crippen LogP contribution in [0.5, 0.6) is 5.75 Å². The third kappa shape index (κ3) is 6.87. The number of amides is 1. The van der Waals surface area contributed by atoms with Crippen LogP contribution in [-0.2, 0) is 14.8 Å². The van der Waals surface area contributed by atoms with Gasteiger partial charge in [-0.15, -0.1) is 0 Å². The normalized spacial score (nSPS) is 13.5. The van der Waals surface area contributed by atoms with E-state index in [1.807, 2.05) is 24.3 Å². The van der Waals surface area contributed by atoms with Gasteiger partial charge in [0, 0.05) is 5.02 Å². The Morgan fingerprint density at radius 2 is 1.81 bits per heavy atom. The van der Waals surface area contributed by atoms with Crippen LogP contribution in [0, 0.1) is 5.92 Å². The van der Waals surface area contributed by atoms with Crippen LogP contribution in [-0.4, -0.2) is 33.7 Å². The summed E-state index contributed by atoms with van der Waals surface area (Å²) in [6, 6.07) is 12.9. The molecule has 2 rings (SSSR count). The van der Waals surface area contributed by atoms with Gasteiger partial charge in [0.15, 0.2) is 0 Å². The first kappa shape index (κ1) is 25.0. The molecule has 0 aromatic heterocycles. The Balaban J connectivity index is 2.37. The fourth-order valence-electron chi connectivity index (χ4n) is 3.53. The lowest BCUT2D eigenvalue weighted by molar-refractivity contribution is -0.123. The molecule has 0 radical (unpaired) electrons. The standard InChI is InChI=1S/C23H31ClN2O4S/c1-6-22(26(31(5,28)29)19-9-7-8-18(24)15-19)23(27)25-21(14-16(2)3)17-10-12-20(30-4)13-11-17/h7-13,15-16,21-22H,6,14H2,1-5H3,(H,25,27)/t21-,22-/m1/s1. The Labute approximate surface area is 190 Å². The Morgan fingerprint density at radius 1 is 1.16 bits per heavy atom. The topological polar surface area (TPSA) is 75.7 Å². The summed E-state index contributed by atoms with van der Waals surface area (Å²) in [6.45, 7) is 5.95. The van der Waals surface area contributed by atoms with E-state index in [4.69, 9.17) is 16.3 Å². The van der Waals surface area contributed by atoms with Crippen LogP contribution in [0.15, 0.2) is 48.5 Å². The van der Waals surface area contributed by atoms with Crippen molar-refractivity contribution < 1.29 is 17.9 Å². The molecule has 0 spiro atoms. The molecule has 0 aliphatic carbocycles. The number of rotatable bonds is 10. The first-order valence-corrected chi connectivity index (χ1v) is 12.5. The highest BCUT2D eigenvalue weighted by atomic mass is 35.5. The van der Waals surface area contributed by atoms with Crippen molar-refractivity contribution in [2.75, 3.05) is 17.7 Å². The van der Waals surface area contributed by atoms with Gasteiger partial charge in [-0.3, -0.25) is 9.10 Å². The zero-order valence-electron chi connectivity index (χ0n) is 18.6. The zero-order valence-corrected chi connectivity index (χ0v) is 20.2. The van der Waals surface area contributed by atoms with Crippen LogP contribution in [0.25, 0.3) is 0 Å². The summed E-state index contributed by atoms with van der Waals surface area (Å²) < 4.78 is 31.7. The maximum Gasteiger partial charge on any atom is 0.244 e. The molecule has 0 aliphatic rings. The molecule has 2 aromatic carbocycles. The van der Waals surface area contributed by atoms with Crippen molar-refractivity contribution in [3.63, 3.8) is 0 Å². The lowest BCUT2D eigenvalue weighted by Gasteiger charge is -2.32. The maximum absolute atomic E-state index is 13.3. The van der Waals surface area contributed by atoms with Crippen molar-refractivity contribution in [3.8, 4) is 5.75 Å². The van der Waals surface area contributed by atoms with Crippen molar-refractivity contribution in [2.45, 2.75) is 45.7 Å². The van der Waals surface area contributed by atoms with Gasteiger partial charge in [-0.2, -0.15) is 0 Å². The summed E-state index contributed by atoms with van der Waals surface area (Å²) >= 11 is 6.08. The van der Waals surface area contributed by atoms with Gasteiger partial charge in [0.05, 0.1) is 25.1 Å². The number of benzene rings is 2. The van der Waals surface area contributed by atoms with E-state index in [2.05, 4.69) is 19.2 Å². The molecule has 0 saturated heterocycles. The van der Waals surface area contributed by atoms with Gasteiger partial charge in [0.25, 0.3) is 0 Å². The lowest BCUT2D eigenvalue weighted by Crippen LogP contribution is -2.50. The predicted octanol–water partition coefficient (Wildman–Crippen LogP) is 4.80. The van der Waals surface area contributed by atoms with Crippen molar-refractivity contribution >= 4 is 33.2 Å². The van der Waals surface area contributed by atoms with Gasteiger partial charge in [-0.1, -0.05) is 50.6 Å². The predicted molar refractivity (Wildman–Crippen MR) is 126 cm³/mol. The Morgan fingerprint density at radius 3 is 2.29 bits per heavy atom. The van der Waals surface area contributed by atoms with E-state index in [-0.39, 0.29) is 11.9 Å². The van der Waals surface area contributed by atoms with Crippen molar-refractivity contribution in [1.82, 2.24) is 5.32 Å². The van der Waals surface area contributed by atoms with Crippen LogP contribution in [0.3, 0.4) is 0 Å². The van der Waals surface area contributed by atoms with Gasteiger partial charge in [-0.25, -0.2) is 8.42 Å². The first-order valence-electron chi connectivity index (χ1n) is 10.3. The van der Waals surface area contributed by atoms with E-state index in [1.165, 1.54) is 0 Å². The molecular weight excluding hydrogens is 436 g/mol. The Hall–Kier alpha value is -2.25. The summed E-state index contributed by atoms with van der Waals surface area (Å²) in [5.74, 6) is 0.704. The minimum atomic E-state index is -3.73. The van der Waals surface area contributed by atoms with Gasteiger partial charge in [0.2, 0.25) is 15.9 Å². The van der Waals surface area contributed by atoms with Crippen LogP contribution in [0.2, 0.25) is 5.02 Å². The quantitative estimate of drug-likeness (QED) is 0.545. The van der Waals surface area contributed by atoms with E-state index in [1.54, 1.807) is 38.3 Å². The molecule has 8 heteroatoms. The van der Waals surface area contributed by atoms with Gasteiger partial charge < -0.3 is 10.1 Å². The van der Waals surface area contributed by atoms with E-state index >= 15 is 0 Å². The van der Waals surface area contributed by atoms with Crippen LogP contribution < -0.4 is 14.4 Å². The Bertz CT molecular complexity index is 977. The van der Waals surface area contributed by atoms with E-state index in [0.717, 1.165) is 21.9 Å². The molecule has 0 fully saturated rings. The minimum Gasteiger partial charge on any atom is -0.497 e. The van der Waals surface area contributed by atoms with Gasteiger partial charge in [-0.05, 0) is 54.7 Å². The van der Waals surface area contributed by atoms with Gasteiger partial charge in [0.1, 0.15) is 11.8 Å². The molecular formula is C23H31ClN2O4S. The number of carbonyl (C=O) groups excluding carboxylic acids is 1. The highest BCUT2D eigenvalue weighted by Crippen LogP contribution is 2.27. The van der Waals surface area contributed by atoms with Crippen LogP contribution >= 0.6 is 11.6 Å². The van der Waals surface area contributed by atoms with Crippen molar-refractivity contribution in [3.05, 3.63) is 59.1 Å². The monoisotopic (exact) mass is 466 g/mol. The van der Waals surface area contributed by atoms with Crippen LogP contribution in [0.1, 0.15) is 45.2 Å². The molecule has 0 heterocycles. The molecule has 31 heavy (non-hydrogen) atoms. The lowest BCUT2D eigenvalue weighted by atomic mass is 9.96. The molecule has 0 unspecified atom stereocenters. The minimum absolute atomic E-state index is 0.256. The molecule has 1 N–H and O–H groups in total. The summed E-state index contributed by atoms with van der Waals surface area (Å²) in [7, 11) is -2.13. The molecule has 6 nitrogen and oxygen atoms in total. The number of halogens is 1. The second-order valence-corrected chi connectivity index (χ2v) is 10.2. The number of hydrogen-bond acceptors (Lipinski definition) is 4. The number of hydrogen-bond donors (Lipinski definition) is 1. The largest absolute Gasteiger partial charge is 0.497 e. The summed E-state index contributed by atoms with van der Waals surface area (Å²) in [5.41, 5.74) is 1.30. The maximum atomic E-state index is 13.3. The van der Waals surface area contributed by atoms with E-state index < -0.39 is 16.1 Å².